The summed E-state index contributed by atoms with van der Waals surface area (Å²) in [6.45, 7) is 0. The Labute approximate surface area is 114 Å². The van der Waals surface area contributed by atoms with Crippen LogP contribution in [0.4, 0.5) is 0 Å². The van der Waals surface area contributed by atoms with E-state index in [1.807, 2.05) is 48.7 Å². The fourth-order valence-corrected chi connectivity index (χ4v) is 2.40. The molecule has 2 nitrogen and oxygen atoms in total. The molecule has 88 valence electrons. The van der Waals surface area contributed by atoms with Gasteiger partial charge in [-0.1, -0.05) is 58.4 Å². The third-order valence-corrected chi connectivity index (χ3v) is 3.47. The Kier molecular flexibility index (Phi) is 3.07. The van der Waals surface area contributed by atoms with Gasteiger partial charge >= 0.3 is 0 Å². The summed E-state index contributed by atoms with van der Waals surface area (Å²) in [5.74, 6) is 0. The van der Waals surface area contributed by atoms with Gasteiger partial charge in [0.2, 0.25) is 0 Å². The molecule has 1 heterocycles. The smallest absolute Gasteiger partial charge is 0.0934 e. The summed E-state index contributed by atoms with van der Waals surface area (Å²) in [5, 5.41) is 0.789. The number of hydrogen-bond acceptors (Lipinski definition) is 2. The molecular formula is C15H11BrN2. The summed E-state index contributed by atoms with van der Waals surface area (Å²) in [5.41, 5.74) is 5.08. The molecule has 0 aliphatic heterocycles. The van der Waals surface area contributed by atoms with Crippen LogP contribution < -0.4 is 0 Å². The fraction of sp³-hybridized carbons (Fsp3) is 0.0667. The van der Waals surface area contributed by atoms with Crippen molar-refractivity contribution < 1.29 is 0 Å². The lowest BCUT2D eigenvalue weighted by Crippen LogP contribution is -1.91. The van der Waals surface area contributed by atoms with Crippen molar-refractivity contribution in [2.45, 2.75) is 5.33 Å². The maximum absolute atomic E-state index is 4.72. The number of hydrogen-bond donors (Lipinski definition) is 0. The summed E-state index contributed by atoms with van der Waals surface area (Å²) < 4.78 is 0. The van der Waals surface area contributed by atoms with Crippen LogP contribution in [0.5, 0.6) is 0 Å². The third-order valence-electron chi connectivity index (χ3n) is 2.87. The van der Waals surface area contributed by atoms with Crippen LogP contribution in [0.1, 0.15) is 5.56 Å². The lowest BCUT2D eigenvalue weighted by atomic mass is 10.1. The number of halogens is 1. The third kappa shape index (κ3) is 2.02. The van der Waals surface area contributed by atoms with Crippen LogP contribution in [0, 0.1) is 0 Å². The predicted molar refractivity (Wildman–Crippen MR) is 77.6 cm³/mol. The molecule has 3 aromatic rings. The van der Waals surface area contributed by atoms with Gasteiger partial charge in [0, 0.05) is 10.9 Å². The van der Waals surface area contributed by atoms with Crippen molar-refractivity contribution in [2.75, 3.05) is 0 Å². The first-order valence-corrected chi connectivity index (χ1v) is 6.86. The van der Waals surface area contributed by atoms with Gasteiger partial charge in [-0.25, -0.2) is 4.98 Å². The van der Waals surface area contributed by atoms with E-state index in [2.05, 4.69) is 27.0 Å². The Bertz CT molecular complexity index is 680. The second-order valence-corrected chi connectivity index (χ2v) is 4.60. The van der Waals surface area contributed by atoms with E-state index in [1.165, 1.54) is 0 Å². The molecule has 0 saturated carbocycles. The molecule has 0 aliphatic carbocycles. The van der Waals surface area contributed by atoms with Gasteiger partial charge in [-0.2, -0.15) is 0 Å². The van der Waals surface area contributed by atoms with Gasteiger partial charge in [-0.15, -0.1) is 0 Å². The lowest BCUT2D eigenvalue weighted by Gasteiger charge is -2.05. The van der Waals surface area contributed by atoms with Crippen molar-refractivity contribution in [3.05, 3.63) is 60.3 Å². The van der Waals surface area contributed by atoms with Crippen LogP contribution >= 0.6 is 15.9 Å². The largest absolute Gasteiger partial charge is 0.252 e. The number of fused-ring (bicyclic) bond motifs is 1. The van der Waals surface area contributed by atoms with Crippen LogP contribution in [0.25, 0.3) is 22.3 Å². The molecule has 0 aliphatic rings. The first kappa shape index (κ1) is 11.4. The van der Waals surface area contributed by atoms with E-state index >= 15 is 0 Å². The van der Waals surface area contributed by atoms with E-state index in [0.29, 0.717) is 0 Å². The van der Waals surface area contributed by atoms with Gasteiger partial charge in [0.15, 0.2) is 0 Å². The average molecular weight is 299 g/mol. The number of para-hydroxylation sites is 1. The van der Waals surface area contributed by atoms with Gasteiger partial charge in [0.1, 0.15) is 0 Å². The van der Waals surface area contributed by atoms with Crippen molar-refractivity contribution in [1.29, 1.82) is 0 Å². The summed E-state index contributed by atoms with van der Waals surface area (Å²) in [4.78, 5) is 9.21. The molecule has 0 atom stereocenters. The molecule has 0 radical (unpaired) electrons. The van der Waals surface area contributed by atoms with E-state index in [-0.39, 0.29) is 0 Å². The van der Waals surface area contributed by atoms with Crippen LogP contribution in [0.15, 0.2) is 54.7 Å². The van der Waals surface area contributed by atoms with Crippen LogP contribution in [-0.4, -0.2) is 9.97 Å². The molecule has 0 saturated heterocycles. The SMILES string of the molecule is BrCc1cccc2ncc(-c3ccccc3)nc12. The fourth-order valence-electron chi connectivity index (χ4n) is 1.95. The van der Waals surface area contributed by atoms with Crippen molar-refractivity contribution >= 4 is 27.0 Å². The summed E-state index contributed by atoms with van der Waals surface area (Å²) in [7, 11) is 0. The Morgan fingerprint density at radius 1 is 0.944 bits per heavy atom. The molecule has 18 heavy (non-hydrogen) atoms. The lowest BCUT2D eigenvalue weighted by molar-refractivity contribution is 1.27. The molecule has 0 unspecified atom stereocenters. The van der Waals surface area contributed by atoms with E-state index < -0.39 is 0 Å². The van der Waals surface area contributed by atoms with Crippen LogP contribution in [0.3, 0.4) is 0 Å². The zero-order chi connectivity index (χ0) is 12.4. The average Bonchev–Trinajstić information content (AvgIpc) is 2.47. The molecule has 3 rings (SSSR count). The van der Waals surface area contributed by atoms with E-state index in [0.717, 1.165) is 33.2 Å². The maximum atomic E-state index is 4.72. The second-order valence-electron chi connectivity index (χ2n) is 4.04. The number of alkyl halides is 1. The van der Waals surface area contributed by atoms with Crippen LogP contribution in [0.2, 0.25) is 0 Å². The number of aromatic nitrogens is 2. The minimum absolute atomic E-state index is 0.789. The van der Waals surface area contributed by atoms with Crippen molar-refractivity contribution in [2.24, 2.45) is 0 Å². The molecule has 0 spiro atoms. The zero-order valence-corrected chi connectivity index (χ0v) is 11.3. The standard InChI is InChI=1S/C15H11BrN2/c16-9-12-7-4-8-13-15(12)18-14(10-17-13)11-5-2-1-3-6-11/h1-8,10H,9H2. The topological polar surface area (TPSA) is 25.8 Å². The molecule has 2 aromatic carbocycles. The maximum Gasteiger partial charge on any atom is 0.0934 e. The van der Waals surface area contributed by atoms with E-state index in [9.17, 15) is 0 Å². The summed E-state index contributed by atoms with van der Waals surface area (Å²) in [6.07, 6.45) is 1.83. The zero-order valence-electron chi connectivity index (χ0n) is 9.68. The Morgan fingerprint density at radius 3 is 2.56 bits per heavy atom. The Balaban J connectivity index is 2.22. The van der Waals surface area contributed by atoms with Gasteiger partial charge in [0.25, 0.3) is 0 Å². The molecular weight excluding hydrogens is 288 g/mol. The Morgan fingerprint density at radius 2 is 1.78 bits per heavy atom. The minimum atomic E-state index is 0.789. The number of nitrogens with zero attached hydrogens (tertiary/aromatic N) is 2. The van der Waals surface area contributed by atoms with E-state index in [1.54, 1.807) is 0 Å². The quantitative estimate of drug-likeness (QED) is 0.663. The highest BCUT2D eigenvalue weighted by atomic mass is 79.9. The highest BCUT2D eigenvalue weighted by molar-refractivity contribution is 9.08. The first-order valence-electron chi connectivity index (χ1n) is 5.74. The van der Waals surface area contributed by atoms with Crippen LogP contribution in [-0.2, 0) is 5.33 Å². The van der Waals surface area contributed by atoms with Gasteiger partial charge < -0.3 is 0 Å². The Hall–Kier alpha value is -1.74. The highest BCUT2D eigenvalue weighted by Gasteiger charge is 2.05. The molecule has 0 fully saturated rings. The minimum Gasteiger partial charge on any atom is -0.252 e. The monoisotopic (exact) mass is 298 g/mol. The predicted octanol–water partition coefficient (Wildman–Crippen LogP) is 4.19. The second kappa shape index (κ2) is 4.86. The summed E-state index contributed by atoms with van der Waals surface area (Å²) >= 11 is 3.49. The van der Waals surface area contributed by atoms with Gasteiger partial charge in [0.05, 0.1) is 22.9 Å². The number of rotatable bonds is 2. The molecule has 1 aromatic heterocycles. The first-order chi connectivity index (χ1) is 8.88. The van der Waals surface area contributed by atoms with Gasteiger partial charge in [-0.3, -0.25) is 4.98 Å². The molecule has 0 bridgehead atoms. The van der Waals surface area contributed by atoms with E-state index in [4.69, 9.17) is 4.98 Å². The van der Waals surface area contributed by atoms with Crippen molar-refractivity contribution in [3.8, 4) is 11.3 Å². The molecule has 0 N–H and O–H groups in total. The van der Waals surface area contributed by atoms with Gasteiger partial charge in [-0.05, 0) is 11.6 Å². The summed E-state index contributed by atoms with van der Waals surface area (Å²) in [6, 6.07) is 16.2. The normalized spacial score (nSPS) is 10.7. The highest BCUT2D eigenvalue weighted by Crippen LogP contribution is 2.22. The molecule has 0 amide bonds. The van der Waals surface area contributed by atoms with Crippen molar-refractivity contribution in [3.63, 3.8) is 0 Å². The number of benzene rings is 2. The van der Waals surface area contributed by atoms with Crippen molar-refractivity contribution in [1.82, 2.24) is 9.97 Å². The molecule has 3 heteroatoms.